The molecule has 1 aliphatic rings. The Hall–Kier alpha value is -0.860. The van der Waals surface area contributed by atoms with Crippen molar-refractivity contribution in [3.05, 3.63) is 35.9 Å². The highest BCUT2D eigenvalue weighted by Crippen LogP contribution is 2.26. The highest BCUT2D eigenvalue weighted by Gasteiger charge is 2.28. The number of hydrogen-bond donors (Lipinski definition) is 1. The maximum absolute atomic E-state index is 5.68. The van der Waals surface area contributed by atoms with Crippen molar-refractivity contribution >= 4 is 0 Å². The maximum atomic E-state index is 5.68. The molecule has 0 radical (unpaired) electrons. The third-order valence-corrected chi connectivity index (χ3v) is 3.47. The van der Waals surface area contributed by atoms with E-state index in [0.717, 1.165) is 25.4 Å². The second-order valence-electron chi connectivity index (χ2n) is 4.99. The number of hydrogen-bond acceptors (Lipinski definition) is 2. The first-order chi connectivity index (χ1) is 7.79. The van der Waals surface area contributed by atoms with E-state index in [0.29, 0.717) is 6.04 Å². The number of benzene rings is 1. The summed E-state index contributed by atoms with van der Waals surface area (Å²) >= 11 is 0. The Labute approximate surface area is 98.4 Å². The van der Waals surface area contributed by atoms with Crippen LogP contribution in [0.15, 0.2) is 30.3 Å². The molecule has 0 saturated carbocycles. The summed E-state index contributed by atoms with van der Waals surface area (Å²) in [6.45, 7) is 5.45. The van der Waals surface area contributed by atoms with E-state index in [9.17, 15) is 0 Å². The Kier molecular flexibility index (Phi) is 3.97. The predicted molar refractivity (Wildman–Crippen MR) is 68.1 cm³/mol. The Balaban J connectivity index is 1.97. The first-order valence-corrected chi connectivity index (χ1v) is 6.27. The van der Waals surface area contributed by atoms with Gasteiger partial charge in [0.05, 0.1) is 0 Å². The van der Waals surface area contributed by atoms with Crippen LogP contribution in [0, 0.1) is 5.92 Å². The number of nitrogens with zero attached hydrogens (tertiary/aromatic N) is 1. The van der Waals surface area contributed by atoms with E-state index in [1.54, 1.807) is 0 Å². The normalized spacial score (nSPS) is 26.1. The maximum Gasteiger partial charge on any atom is 0.0236 e. The van der Waals surface area contributed by atoms with E-state index in [1.807, 2.05) is 0 Å². The lowest BCUT2D eigenvalue weighted by Gasteiger charge is -2.23. The molecule has 2 N–H and O–H groups in total. The SMILES string of the molecule is C[C@H]1C[C@H](CCN)N(Cc2ccccc2)C1. The second kappa shape index (κ2) is 5.46. The van der Waals surface area contributed by atoms with Gasteiger partial charge in [0, 0.05) is 19.1 Å². The highest BCUT2D eigenvalue weighted by molar-refractivity contribution is 5.14. The zero-order valence-electron chi connectivity index (χ0n) is 10.1. The molecule has 1 aromatic rings. The minimum Gasteiger partial charge on any atom is -0.330 e. The lowest BCUT2D eigenvalue weighted by molar-refractivity contribution is 0.234. The Morgan fingerprint density at radius 2 is 2.06 bits per heavy atom. The van der Waals surface area contributed by atoms with Crippen molar-refractivity contribution in [2.24, 2.45) is 11.7 Å². The summed E-state index contributed by atoms with van der Waals surface area (Å²) in [5.74, 6) is 0.820. The minimum atomic E-state index is 0.695. The van der Waals surface area contributed by atoms with Gasteiger partial charge in [-0.25, -0.2) is 0 Å². The Morgan fingerprint density at radius 1 is 1.31 bits per heavy atom. The van der Waals surface area contributed by atoms with Gasteiger partial charge in [0.15, 0.2) is 0 Å². The zero-order chi connectivity index (χ0) is 11.4. The Morgan fingerprint density at radius 3 is 2.75 bits per heavy atom. The van der Waals surface area contributed by atoms with Gasteiger partial charge in [-0.05, 0) is 30.9 Å². The molecule has 88 valence electrons. The zero-order valence-corrected chi connectivity index (χ0v) is 10.1. The van der Waals surface area contributed by atoms with Crippen molar-refractivity contribution in [1.82, 2.24) is 4.90 Å². The standard InChI is InChI=1S/C14H22N2/c1-12-9-14(7-8-15)16(10-12)11-13-5-3-2-4-6-13/h2-6,12,14H,7-11,15H2,1H3/t12-,14-/m0/s1. The fourth-order valence-electron chi connectivity index (χ4n) is 2.74. The molecule has 1 saturated heterocycles. The van der Waals surface area contributed by atoms with Gasteiger partial charge < -0.3 is 5.73 Å². The molecule has 1 aromatic carbocycles. The lowest BCUT2D eigenvalue weighted by Crippen LogP contribution is -2.30. The Bertz CT molecular complexity index is 310. The van der Waals surface area contributed by atoms with E-state index >= 15 is 0 Å². The van der Waals surface area contributed by atoms with Gasteiger partial charge in [0.25, 0.3) is 0 Å². The van der Waals surface area contributed by atoms with Crippen molar-refractivity contribution < 1.29 is 0 Å². The molecule has 2 heteroatoms. The van der Waals surface area contributed by atoms with Gasteiger partial charge in [0.1, 0.15) is 0 Å². The second-order valence-corrected chi connectivity index (χ2v) is 4.99. The van der Waals surface area contributed by atoms with Crippen LogP contribution in [0.2, 0.25) is 0 Å². The molecule has 0 spiro atoms. The molecule has 16 heavy (non-hydrogen) atoms. The van der Waals surface area contributed by atoms with Crippen LogP contribution in [-0.4, -0.2) is 24.0 Å². The van der Waals surface area contributed by atoms with Crippen molar-refractivity contribution in [3.8, 4) is 0 Å². The van der Waals surface area contributed by atoms with Crippen LogP contribution < -0.4 is 5.73 Å². The summed E-state index contributed by atoms with van der Waals surface area (Å²) in [5.41, 5.74) is 7.10. The summed E-state index contributed by atoms with van der Waals surface area (Å²) in [5, 5.41) is 0. The van der Waals surface area contributed by atoms with E-state index in [4.69, 9.17) is 5.73 Å². The third kappa shape index (κ3) is 2.83. The molecule has 0 bridgehead atoms. The van der Waals surface area contributed by atoms with Gasteiger partial charge in [-0.1, -0.05) is 37.3 Å². The lowest BCUT2D eigenvalue weighted by atomic mass is 10.1. The van der Waals surface area contributed by atoms with E-state index in [-0.39, 0.29) is 0 Å². The average molecular weight is 218 g/mol. The first kappa shape index (κ1) is 11.6. The van der Waals surface area contributed by atoms with Crippen LogP contribution in [0.3, 0.4) is 0 Å². The van der Waals surface area contributed by atoms with Crippen LogP contribution in [0.5, 0.6) is 0 Å². The smallest absolute Gasteiger partial charge is 0.0236 e. The fraction of sp³-hybridized carbons (Fsp3) is 0.571. The summed E-state index contributed by atoms with van der Waals surface area (Å²) in [6, 6.07) is 11.4. The highest BCUT2D eigenvalue weighted by atomic mass is 15.2. The topological polar surface area (TPSA) is 29.3 Å². The molecule has 1 fully saturated rings. The fourth-order valence-corrected chi connectivity index (χ4v) is 2.74. The molecule has 2 atom stereocenters. The van der Waals surface area contributed by atoms with Crippen molar-refractivity contribution in [2.45, 2.75) is 32.4 Å². The average Bonchev–Trinajstić information content (AvgIpc) is 2.61. The molecular formula is C14H22N2. The van der Waals surface area contributed by atoms with Gasteiger partial charge in [-0.3, -0.25) is 4.90 Å². The van der Waals surface area contributed by atoms with Crippen molar-refractivity contribution in [2.75, 3.05) is 13.1 Å². The molecule has 1 heterocycles. The summed E-state index contributed by atoms with van der Waals surface area (Å²) in [4.78, 5) is 2.59. The molecule has 0 unspecified atom stereocenters. The molecule has 0 aliphatic carbocycles. The van der Waals surface area contributed by atoms with Gasteiger partial charge in [-0.15, -0.1) is 0 Å². The van der Waals surface area contributed by atoms with Crippen molar-refractivity contribution in [1.29, 1.82) is 0 Å². The third-order valence-electron chi connectivity index (χ3n) is 3.47. The first-order valence-electron chi connectivity index (χ1n) is 6.27. The van der Waals surface area contributed by atoms with Crippen LogP contribution >= 0.6 is 0 Å². The van der Waals surface area contributed by atoms with Gasteiger partial charge in [-0.2, -0.15) is 0 Å². The number of likely N-dealkylation sites (tertiary alicyclic amines) is 1. The molecule has 2 rings (SSSR count). The van der Waals surface area contributed by atoms with Gasteiger partial charge >= 0.3 is 0 Å². The van der Waals surface area contributed by atoms with Crippen molar-refractivity contribution in [3.63, 3.8) is 0 Å². The van der Waals surface area contributed by atoms with E-state index < -0.39 is 0 Å². The van der Waals surface area contributed by atoms with E-state index in [2.05, 4.69) is 42.2 Å². The van der Waals surface area contributed by atoms with Crippen LogP contribution in [0.25, 0.3) is 0 Å². The molecule has 2 nitrogen and oxygen atoms in total. The van der Waals surface area contributed by atoms with Crippen LogP contribution in [0.1, 0.15) is 25.3 Å². The molecule has 1 aliphatic heterocycles. The van der Waals surface area contributed by atoms with Crippen LogP contribution in [-0.2, 0) is 6.54 Å². The predicted octanol–water partition coefficient (Wildman–Crippen LogP) is 2.25. The summed E-state index contributed by atoms with van der Waals surface area (Å²) < 4.78 is 0. The summed E-state index contributed by atoms with van der Waals surface area (Å²) in [7, 11) is 0. The van der Waals surface area contributed by atoms with Crippen LogP contribution in [0.4, 0.5) is 0 Å². The molecular weight excluding hydrogens is 196 g/mol. The largest absolute Gasteiger partial charge is 0.330 e. The molecule has 0 amide bonds. The van der Waals surface area contributed by atoms with E-state index in [1.165, 1.54) is 18.5 Å². The minimum absolute atomic E-state index is 0.695. The van der Waals surface area contributed by atoms with Gasteiger partial charge in [0.2, 0.25) is 0 Å². The number of rotatable bonds is 4. The summed E-state index contributed by atoms with van der Waals surface area (Å²) in [6.07, 6.45) is 2.45. The molecule has 0 aromatic heterocycles. The number of nitrogens with two attached hydrogens (primary N) is 1. The monoisotopic (exact) mass is 218 g/mol. The quantitative estimate of drug-likeness (QED) is 0.840.